The second-order valence-electron chi connectivity index (χ2n) is 3.13. The van der Waals surface area contributed by atoms with Crippen LogP contribution < -0.4 is 5.73 Å². The molecule has 1 aliphatic heterocycles. The number of thioether (sulfide) groups is 1. The van der Waals surface area contributed by atoms with Gasteiger partial charge in [-0.3, -0.25) is 0 Å². The molecule has 3 N–H and O–H groups in total. The molecule has 0 aliphatic carbocycles. The van der Waals surface area contributed by atoms with Gasteiger partial charge >= 0.3 is 0 Å². The van der Waals surface area contributed by atoms with Gasteiger partial charge in [-0.25, -0.2) is 8.42 Å². The monoisotopic (exact) mass is 253 g/mol. The molecule has 1 rings (SSSR count). The number of oxime groups is 1. The summed E-state index contributed by atoms with van der Waals surface area (Å²) >= 11 is 1.56. The highest BCUT2D eigenvalue weighted by molar-refractivity contribution is 8.01. The van der Waals surface area contributed by atoms with Crippen LogP contribution in [0.2, 0.25) is 0 Å². The van der Waals surface area contributed by atoms with E-state index < -0.39 is 15.2 Å². The van der Waals surface area contributed by atoms with E-state index in [4.69, 9.17) is 10.9 Å². The minimum absolute atomic E-state index is 0.0629. The number of rotatable bonds is 2. The van der Waals surface area contributed by atoms with Crippen LogP contribution >= 0.6 is 11.8 Å². The lowest BCUT2D eigenvalue weighted by molar-refractivity contribution is 0.296. The predicted molar refractivity (Wildman–Crippen MR) is 60.7 cm³/mol. The molecule has 1 saturated heterocycles. The van der Waals surface area contributed by atoms with Crippen molar-refractivity contribution < 1.29 is 13.6 Å². The Labute approximate surface area is 93.4 Å². The molecule has 0 radical (unpaired) electrons. The lowest BCUT2D eigenvalue weighted by Gasteiger charge is -2.34. The maximum Gasteiger partial charge on any atom is 0.234 e. The lowest BCUT2D eigenvalue weighted by Crippen LogP contribution is -2.53. The average molecular weight is 253 g/mol. The molecule has 0 aromatic heterocycles. The first kappa shape index (κ1) is 12.4. The van der Waals surface area contributed by atoms with Gasteiger partial charge in [0.05, 0.1) is 0 Å². The van der Waals surface area contributed by atoms with E-state index in [-0.39, 0.29) is 11.7 Å². The van der Waals surface area contributed by atoms with Crippen molar-refractivity contribution in [3.8, 4) is 0 Å². The number of hydrogen-bond acceptors (Lipinski definition) is 5. The van der Waals surface area contributed by atoms with Gasteiger partial charge in [0.2, 0.25) is 5.96 Å². The Morgan fingerprint density at radius 2 is 2.40 bits per heavy atom. The van der Waals surface area contributed by atoms with E-state index in [0.29, 0.717) is 12.3 Å². The molecular formula is C7H15N3O3S2. The van der Waals surface area contributed by atoms with Gasteiger partial charge in [0.25, 0.3) is 0 Å². The van der Waals surface area contributed by atoms with Crippen molar-refractivity contribution in [2.45, 2.75) is 12.3 Å². The van der Waals surface area contributed by atoms with E-state index in [1.54, 1.807) is 18.7 Å². The van der Waals surface area contributed by atoms with Gasteiger partial charge in [-0.05, 0) is 0 Å². The largest absolute Gasteiger partial charge is 0.408 e. The third kappa shape index (κ3) is 2.69. The molecule has 15 heavy (non-hydrogen) atoms. The second kappa shape index (κ2) is 4.93. The van der Waals surface area contributed by atoms with Gasteiger partial charge < -0.3 is 15.8 Å². The molecule has 0 aromatic carbocycles. The van der Waals surface area contributed by atoms with Gasteiger partial charge in [-0.15, -0.1) is 0 Å². The van der Waals surface area contributed by atoms with Crippen molar-refractivity contribution in [3.63, 3.8) is 0 Å². The number of nitrogens with two attached hydrogens (primary N) is 1. The fourth-order valence-electron chi connectivity index (χ4n) is 1.39. The summed E-state index contributed by atoms with van der Waals surface area (Å²) in [5.74, 6) is 1.18. The van der Waals surface area contributed by atoms with Gasteiger partial charge in [0.15, 0.2) is 9.84 Å². The zero-order valence-electron chi connectivity index (χ0n) is 8.46. The Bertz CT molecular complexity index is 341. The summed E-state index contributed by atoms with van der Waals surface area (Å²) in [5, 5.41) is 10.8. The number of hydrogen-bond donors (Lipinski definition) is 2. The summed E-state index contributed by atoms with van der Waals surface area (Å²) in [6.45, 7) is 2.09. The molecule has 6 nitrogen and oxygen atoms in total. The Balaban J connectivity index is 2.93. The number of sulfone groups is 1. The summed E-state index contributed by atoms with van der Waals surface area (Å²) in [7, 11) is -3.19. The number of nitrogens with zero attached hydrogens (tertiary/aromatic N) is 2. The third-order valence-corrected chi connectivity index (χ3v) is 5.59. The van der Waals surface area contributed by atoms with Gasteiger partial charge in [-0.1, -0.05) is 12.1 Å². The topological polar surface area (TPSA) is 96.0 Å². The van der Waals surface area contributed by atoms with E-state index in [1.807, 2.05) is 0 Å². The molecule has 1 aliphatic rings. The van der Waals surface area contributed by atoms with Crippen LogP contribution in [0.1, 0.15) is 6.92 Å². The summed E-state index contributed by atoms with van der Waals surface area (Å²) in [6, 6.07) is 0. The van der Waals surface area contributed by atoms with E-state index in [0.717, 1.165) is 5.75 Å². The maximum atomic E-state index is 11.7. The normalized spacial score (nSPS) is 24.2. The Morgan fingerprint density at radius 1 is 1.73 bits per heavy atom. The molecule has 1 atom stereocenters. The van der Waals surface area contributed by atoms with Crippen LogP contribution in [0.3, 0.4) is 0 Å². The van der Waals surface area contributed by atoms with Crippen LogP contribution in [0.4, 0.5) is 0 Å². The van der Waals surface area contributed by atoms with Gasteiger partial charge in [-0.2, -0.15) is 11.8 Å². The molecular weight excluding hydrogens is 238 g/mol. The van der Waals surface area contributed by atoms with E-state index >= 15 is 0 Å². The van der Waals surface area contributed by atoms with Crippen molar-refractivity contribution in [1.29, 1.82) is 0 Å². The fraction of sp³-hybridized carbons (Fsp3) is 0.857. The molecule has 0 saturated carbocycles. The molecule has 1 fully saturated rings. The first-order valence-corrected chi connectivity index (χ1v) is 7.43. The standard InChI is InChI=1S/C7H15N3O3S2/c1-2-15(12,13)6-5-14-4-3-10(6)7(8)9-11/h6,11H,2-5H2,1H3,(H2,8,9). The highest BCUT2D eigenvalue weighted by atomic mass is 32.2. The summed E-state index contributed by atoms with van der Waals surface area (Å²) in [6.07, 6.45) is 0. The van der Waals surface area contributed by atoms with Crippen LogP contribution in [0.15, 0.2) is 5.16 Å². The summed E-state index contributed by atoms with van der Waals surface area (Å²) < 4.78 is 23.5. The average Bonchev–Trinajstić information content (AvgIpc) is 2.28. The quantitative estimate of drug-likeness (QED) is 0.298. The molecule has 1 unspecified atom stereocenters. The third-order valence-electron chi connectivity index (χ3n) is 2.30. The molecule has 0 amide bonds. The predicted octanol–water partition coefficient (Wildman–Crippen LogP) is -0.500. The molecule has 88 valence electrons. The van der Waals surface area contributed by atoms with Crippen LogP contribution in [-0.2, 0) is 9.84 Å². The van der Waals surface area contributed by atoms with Gasteiger partial charge in [0.1, 0.15) is 5.37 Å². The minimum atomic E-state index is -3.19. The van der Waals surface area contributed by atoms with Crippen molar-refractivity contribution in [2.75, 3.05) is 23.8 Å². The molecule has 8 heteroatoms. The number of guanidine groups is 1. The maximum absolute atomic E-state index is 11.7. The van der Waals surface area contributed by atoms with Crippen LogP contribution in [0.5, 0.6) is 0 Å². The van der Waals surface area contributed by atoms with Gasteiger partial charge in [0, 0.05) is 23.8 Å². The molecule has 0 bridgehead atoms. The minimum Gasteiger partial charge on any atom is -0.408 e. The van der Waals surface area contributed by atoms with E-state index in [9.17, 15) is 8.42 Å². The smallest absolute Gasteiger partial charge is 0.234 e. The molecule has 0 spiro atoms. The van der Waals surface area contributed by atoms with E-state index in [2.05, 4.69) is 5.16 Å². The highest BCUT2D eigenvalue weighted by Crippen LogP contribution is 2.20. The van der Waals surface area contributed by atoms with Crippen molar-refractivity contribution >= 4 is 27.6 Å². The summed E-state index contributed by atoms with van der Waals surface area (Å²) in [5.41, 5.74) is 5.44. The van der Waals surface area contributed by atoms with Crippen molar-refractivity contribution in [2.24, 2.45) is 10.9 Å². The fourth-order valence-corrected chi connectivity index (χ4v) is 4.37. The molecule has 0 aromatic rings. The Morgan fingerprint density at radius 3 is 2.93 bits per heavy atom. The van der Waals surface area contributed by atoms with Crippen LogP contribution in [0.25, 0.3) is 0 Å². The molecule has 1 heterocycles. The van der Waals surface area contributed by atoms with E-state index in [1.165, 1.54) is 4.90 Å². The van der Waals surface area contributed by atoms with Crippen LogP contribution in [-0.4, -0.2) is 53.7 Å². The van der Waals surface area contributed by atoms with Crippen molar-refractivity contribution in [3.05, 3.63) is 0 Å². The lowest BCUT2D eigenvalue weighted by atomic mass is 10.5. The summed E-state index contributed by atoms with van der Waals surface area (Å²) in [4.78, 5) is 1.44. The van der Waals surface area contributed by atoms with Crippen LogP contribution in [0, 0.1) is 0 Å². The Hall–Kier alpha value is -0.630. The first-order chi connectivity index (χ1) is 7.03. The zero-order chi connectivity index (χ0) is 11.5. The first-order valence-electron chi connectivity index (χ1n) is 4.56. The van der Waals surface area contributed by atoms with Crippen molar-refractivity contribution in [1.82, 2.24) is 4.90 Å². The highest BCUT2D eigenvalue weighted by Gasteiger charge is 2.34. The second-order valence-corrected chi connectivity index (χ2v) is 6.73. The Kier molecular flexibility index (Phi) is 4.09. The SMILES string of the molecule is CCS(=O)(=O)C1CSCCN1C(N)=NO. The zero-order valence-corrected chi connectivity index (χ0v) is 10.1.